The summed E-state index contributed by atoms with van der Waals surface area (Å²) >= 11 is 0. The van der Waals surface area contributed by atoms with Crippen molar-refractivity contribution in [2.24, 2.45) is 0 Å². The average molecular weight is 264 g/mol. The molecule has 0 saturated heterocycles. The monoisotopic (exact) mass is 264 g/mol. The van der Waals surface area contributed by atoms with Crippen LogP contribution in [-0.4, -0.2) is 32.1 Å². The topological polar surface area (TPSA) is 69.7 Å². The first-order valence-corrected chi connectivity index (χ1v) is 5.58. The molecule has 0 spiro atoms. The summed E-state index contributed by atoms with van der Waals surface area (Å²) in [5.41, 5.74) is -5.56. The van der Waals surface area contributed by atoms with Crippen LogP contribution in [0.15, 0.2) is 0 Å². The molecule has 0 N–H and O–H groups in total. The highest BCUT2D eigenvalue weighted by Gasteiger charge is 2.49. The van der Waals surface area contributed by atoms with Crippen LogP contribution < -0.4 is 0 Å². The van der Waals surface area contributed by atoms with Gasteiger partial charge in [-0.05, 0) is 20.8 Å². The van der Waals surface area contributed by atoms with Gasteiger partial charge in [-0.3, -0.25) is 0 Å². The van der Waals surface area contributed by atoms with Crippen LogP contribution in [0.25, 0.3) is 0 Å². The molecule has 0 bridgehead atoms. The molecule has 0 fully saturated rings. The van der Waals surface area contributed by atoms with Crippen LogP contribution in [0.5, 0.6) is 0 Å². The molecule has 0 radical (unpaired) electrons. The summed E-state index contributed by atoms with van der Waals surface area (Å²) in [4.78, 5) is 11.0. The lowest BCUT2D eigenvalue weighted by atomic mass is 10.4. The third-order valence-electron chi connectivity index (χ3n) is 1.24. The van der Waals surface area contributed by atoms with Gasteiger partial charge in [0.2, 0.25) is 0 Å². The van der Waals surface area contributed by atoms with Gasteiger partial charge in [0.1, 0.15) is 0 Å². The van der Waals surface area contributed by atoms with Gasteiger partial charge in [-0.15, -0.1) is 0 Å². The normalized spacial score (nSPS) is 14.9. The molecule has 0 unspecified atom stereocenters. The summed E-state index contributed by atoms with van der Waals surface area (Å²) < 4.78 is 64.7. The molecule has 5 nitrogen and oxygen atoms in total. The van der Waals surface area contributed by atoms with E-state index in [-0.39, 0.29) is 0 Å². The van der Waals surface area contributed by atoms with Gasteiger partial charge >= 0.3 is 21.6 Å². The van der Waals surface area contributed by atoms with E-state index >= 15 is 0 Å². The summed E-state index contributed by atoms with van der Waals surface area (Å²) in [6, 6.07) is 0. The summed E-state index contributed by atoms with van der Waals surface area (Å²) in [5.74, 6) is -1.18. The molecule has 0 aromatic carbocycles. The second-order valence-corrected chi connectivity index (χ2v) is 4.69. The van der Waals surface area contributed by atoms with Crippen LogP contribution in [0.3, 0.4) is 0 Å². The Morgan fingerprint density at radius 2 is 1.62 bits per heavy atom. The smallest absolute Gasteiger partial charge is 0.461 e. The largest absolute Gasteiger partial charge is 0.523 e. The fourth-order valence-corrected chi connectivity index (χ4v) is 1.18. The lowest BCUT2D eigenvalue weighted by Crippen LogP contribution is -2.34. The summed E-state index contributed by atoms with van der Waals surface area (Å²) in [7, 11) is -5.78. The fraction of sp³-hybridized carbons (Fsp3) is 0.857. The van der Waals surface area contributed by atoms with E-state index in [2.05, 4.69) is 8.92 Å². The fourth-order valence-electron chi connectivity index (χ4n) is 0.612. The second kappa shape index (κ2) is 5.00. The van der Waals surface area contributed by atoms with E-state index in [0.29, 0.717) is 0 Å². The average Bonchev–Trinajstić information content (AvgIpc) is 1.99. The summed E-state index contributed by atoms with van der Waals surface area (Å²) in [6.45, 7) is 3.78. The highest BCUT2D eigenvalue weighted by molar-refractivity contribution is 7.87. The van der Waals surface area contributed by atoms with Gasteiger partial charge in [0.25, 0.3) is 0 Å². The van der Waals surface area contributed by atoms with Crippen LogP contribution in [0, 0.1) is 0 Å². The van der Waals surface area contributed by atoms with E-state index in [9.17, 15) is 26.4 Å². The third-order valence-corrected chi connectivity index (χ3v) is 2.35. The number of alkyl halides is 3. The maximum atomic E-state index is 11.9. The quantitative estimate of drug-likeness (QED) is 0.433. The SMILES string of the molecule is CC(C)OC(=O)[C@@H](C)OS(=O)(=O)C(F)(F)F. The Morgan fingerprint density at radius 1 is 1.19 bits per heavy atom. The van der Waals surface area contributed by atoms with Crippen LogP contribution in [-0.2, 0) is 23.8 Å². The zero-order valence-corrected chi connectivity index (χ0v) is 9.55. The van der Waals surface area contributed by atoms with Crippen molar-refractivity contribution < 1.29 is 35.3 Å². The Labute approximate surface area is 90.6 Å². The molecule has 0 heterocycles. The molecule has 0 amide bonds. The zero-order valence-electron chi connectivity index (χ0n) is 8.74. The predicted octanol–water partition coefficient (Wildman–Crippen LogP) is 1.19. The first-order valence-electron chi connectivity index (χ1n) is 4.17. The Hall–Kier alpha value is -0.830. The van der Waals surface area contributed by atoms with Crippen molar-refractivity contribution in [3.8, 4) is 0 Å². The lowest BCUT2D eigenvalue weighted by Gasteiger charge is -2.15. The summed E-state index contributed by atoms with van der Waals surface area (Å²) in [6.07, 6.45) is -2.42. The van der Waals surface area contributed by atoms with Gasteiger partial charge in [0, 0.05) is 0 Å². The molecule has 0 rings (SSSR count). The Bertz CT molecular complexity index is 346. The van der Waals surface area contributed by atoms with Crippen LogP contribution in [0.1, 0.15) is 20.8 Å². The molecule has 0 aromatic rings. The van der Waals surface area contributed by atoms with Gasteiger partial charge in [-0.25, -0.2) is 8.98 Å². The Kier molecular flexibility index (Phi) is 4.74. The molecular formula is C7H11F3O5S. The van der Waals surface area contributed by atoms with Crippen molar-refractivity contribution in [2.45, 2.75) is 38.5 Å². The standard InChI is InChI=1S/C7H11F3O5S/c1-4(2)14-6(11)5(3)15-16(12,13)7(8,9)10/h4-5H,1-3H3/t5-/m1/s1. The van der Waals surface area contributed by atoms with E-state index in [1.54, 1.807) is 0 Å². The van der Waals surface area contributed by atoms with Crippen molar-refractivity contribution in [3.63, 3.8) is 0 Å². The van der Waals surface area contributed by atoms with Gasteiger partial charge in [0.05, 0.1) is 6.10 Å². The van der Waals surface area contributed by atoms with Crippen LogP contribution >= 0.6 is 0 Å². The molecule has 0 aliphatic rings. The number of carbonyl (C=O) groups excluding carboxylic acids is 1. The molecule has 0 saturated carbocycles. The molecule has 0 aliphatic heterocycles. The van der Waals surface area contributed by atoms with Crippen molar-refractivity contribution in [2.75, 3.05) is 0 Å². The number of rotatable bonds is 4. The molecule has 16 heavy (non-hydrogen) atoms. The number of hydrogen-bond donors (Lipinski definition) is 0. The number of hydrogen-bond acceptors (Lipinski definition) is 5. The van der Waals surface area contributed by atoms with Gasteiger partial charge in [-0.1, -0.05) is 0 Å². The molecule has 96 valence electrons. The first kappa shape index (κ1) is 15.2. The van der Waals surface area contributed by atoms with Gasteiger partial charge in [-0.2, -0.15) is 21.6 Å². The first-order chi connectivity index (χ1) is 6.97. The number of carbonyl (C=O) groups is 1. The van der Waals surface area contributed by atoms with E-state index < -0.39 is 33.8 Å². The van der Waals surface area contributed by atoms with Crippen molar-refractivity contribution in [1.82, 2.24) is 0 Å². The Morgan fingerprint density at radius 3 is 1.94 bits per heavy atom. The molecular weight excluding hydrogens is 253 g/mol. The minimum Gasteiger partial charge on any atom is -0.461 e. The highest BCUT2D eigenvalue weighted by atomic mass is 32.2. The van der Waals surface area contributed by atoms with E-state index in [4.69, 9.17) is 0 Å². The number of esters is 1. The second-order valence-electron chi connectivity index (χ2n) is 3.12. The zero-order chi connectivity index (χ0) is 13.1. The number of halogens is 3. The van der Waals surface area contributed by atoms with Gasteiger partial charge < -0.3 is 4.74 Å². The van der Waals surface area contributed by atoms with E-state index in [0.717, 1.165) is 6.92 Å². The maximum absolute atomic E-state index is 11.9. The lowest BCUT2D eigenvalue weighted by molar-refractivity contribution is -0.155. The molecule has 1 atom stereocenters. The molecule has 0 aliphatic carbocycles. The minimum absolute atomic E-state index is 0.577. The Balaban J connectivity index is 4.58. The highest BCUT2D eigenvalue weighted by Crippen LogP contribution is 2.25. The number of ether oxygens (including phenoxy) is 1. The van der Waals surface area contributed by atoms with Crippen molar-refractivity contribution >= 4 is 16.1 Å². The summed E-state index contributed by atoms with van der Waals surface area (Å²) in [5, 5.41) is 0. The maximum Gasteiger partial charge on any atom is 0.523 e. The molecule has 0 aromatic heterocycles. The predicted molar refractivity (Wildman–Crippen MR) is 46.7 cm³/mol. The van der Waals surface area contributed by atoms with Crippen molar-refractivity contribution in [1.29, 1.82) is 0 Å². The van der Waals surface area contributed by atoms with E-state index in [1.807, 2.05) is 0 Å². The van der Waals surface area contributed by atoms with Crippen LogP contribution in [0.4, 0.5) is 13.2 Å². The van der Waals surface area contributed by atoms with E-state index in [1.165, 1.54) is 13.8 Å². The van der Waals surface area contributed by atoms with Crippen molar-refractivity contribution in [3.05, 3.63) is 0 Å². The van der Waals surface area contributed by atoms with Crippen LogP contribution in [0.2, 0.25) is 0 Å². The third kappa shape index (κ3) is 4.35. The van der Waals surface area contributed by atoms with Gasteiger partial charge in [0.15, 0.2) is 6.10 Å². The molecule has 9 heteroatoms. The minimum atomic E-state index is -5.78.